The van der Waals surface area contributed by atoms with Gasteiger partial charge in [-0.05, 0) is 13.8 Å². The Kier molecular flexibility index (Phi) is 3.94. The minimum absolute atomic E-state index is 0.222. The van der Waals surface area contributed by atoms with Crippen molar-refractivity contribution >= 4 is 0 Å². The molecule has 4 nitrogen and oxygen atoms in total. The Morgan fingerprint density at radius 3 is 2.58 bits per heavy atom. The summed E-state index contributed by atoms with van der Waals surface area (Å²) >= 11 is 0. The summed E-state index contributed by atoms with van der Waals surface area (Å²) in [7, 11) is 1.60. The average Bonchev–Trinajstić information content (AvgIpc) is 2.83. The minimum atomic E-state index is -0.232. The van der Waals surface area contributed by atoms with Gasteiger partial charge in [0.05, 0.1) is 13.2 Å². The zero-order valence-corrected chi connectivity index (χ0v) is 7.78. The van der Waals surface area contributed by atoms with E-state index in [2.05, 4.69) is 0 Å². The maximum atomic E-state index is 5.31. The topological polar surface area (TPSA) is 40.2 Å². The van der Waals surface area contributed by atoms with Crippen molar-refractivity contribution in [3.8, 4) is 0 Å². The van der Waals surface area contributed by atoms with Crippen molar-refractivity contribution in [3.63, 3.8) is 0 Å². The molecule has 0 radical (unpaired) electrons. The Bertz CT molecular complexity index is 124. The van der Waals surface area contributed by atoms with E-state index in [1.54, 1.807) is 7.11 Å². The molecule has 0 aromatic heterocycles. The van der Waals surface area contributed by atoms with Crippen molar-refractivity contribution in [2.75, 3.05) is 20.3 Å². The van der Waals surface area contributed by atoms with Gasteiger partial charge in [-0.15, -0.1) is 0 Å². The second-order valence-electron chi connectivity index (χ2n) is 2.80. The van der Waals surface area contributed by atoms with E-state index < -0.39 is 0 Å². The van der Waals surface area contributed by atoms with Gasteiger partial charge in [0.1, 0.15) is 6.10 Å². The summed E-state index contributed by atoms with van der Waals surface area (Å²) in [6, 6.07) is 0. The summed E-state index contributed by atoms with van der Waals surface area (Å²) in [5.74, 6) is 0. The minimum Gasteiger partial charge on any atom is -0.371 e. The molecule has 1 fully saturated rings. The summed E-state index contributed by atoms with van der Waals surface area (Å²) < 4.78 is 20.5. The Hall–Kier alpha value is -0.160. The van der Waals surface area contributed by atoms with Crippen molar-refractivity contribution in [3.05, 3.63) is 0 Å². The quantitative estimate of drug-likeness (QED) is 0.442. The molecular formula is C8H16O4. The van der Waals surface area contributed by atoms with E-state index >= 15 is 0 Å². The third-order valence-electron chi connectivity index (χ3n) is 1.63. The Morgan fingerprint density at radius 1 is 1.42 bits per heavy atom. The maximum absolute atomic E-state index is 5.31. The second kappa shape index (κ2) is 4.77. The molecule has 1 saturated heterocycles. The first kappa shape index (κ1) is 9.92. The van der Waals surface area contributed by atoms with E-state index in [1.165, 1.54) is 0 Å². The van der Waals surface area contributed by atoms with E-state index in [1.807, 2.05) is 13.8 Å². The van der Waals surface area contributed by atoms with Gasteiger partial charge in [-0.1, -0.05) is 0 Å². The van der Waals surface area contributed by atoms with E-state index in [9.17, 15) is 0 Å². The Balaban J connectivity index is 1.97. The van der Waals surface area contributed by atoms with Gasteiger partial charge in [-0.3, -0.25) is 0 Å². The largest absolute Gasteiger partial charge is 0.371 e. The molecule has 0 amide bonds. The molecule has 3 unspecified atom stereocenters. The second-order valence-corrected chi connectivity index (χ2v) is 2.80. The highest BCUT2D eigenvalue weighted by atomic mass is 16.8. The van der Waals surface area contributed by atoms with Gasteiger partial charge < -0.3 is 18.9 Å². The number of hydrogen-bond acceptors (Lipinski definition) is 4. The molecule has 0 aromatic carbocycles. The van der Waals surface area contributed by atoms with Crippen molar-refractivity contribution < 1.29 is 18.9 Å². The highest BCUT2D eigenvalue weighted by Crippen LogP contribution is 2.10. The van der Waals surface area contributed by atoms with E-state index in [-0.39, 0.29) is 18.7 Å². The van der Waals surface area contributed by atoms with Crippen LogP contribution < -0.4 is 0 Å². The predicted molar refractivity (Wildman–Crippen MR) is 42.7 cm³/mol. The third kappa shape index (κ3) is 4.01. The van der Waals surface area contributed by atoms with Crippen LogP contribution in [0.4, 0.5) is 0 Å². The molecule has 12 heavy (non-hydrogen) atoms. The zero-order valence-electron chi connectivity index (χ0n) is 7.78. The monoisotopic (exact) mass is 176 g/mol. The fraction of sp³-hybridized carbons (Fsp3) is 1.00. The Morgan fingerprint density at radius 2 is 2.08 bits per heavy atom. The van der Waals surface area contributed by atoms with Gasteiger partial charge in [0, 0.05) is 7.11 Å². The predicted octanol–water partition coefficient (Wildman–Crippen LogP) is 0.757. The van der Waals surface area contributed by atoms with Crippen LogP contribution in [0.15, 0.2) is 0 Å². The fourth-order valence-electron chi connectivity index (χ4n) is 0.772. The molecule has 0 N–H and O–H groups in total. The number of rotatable bonds is 6. The average molecular weight is 176 g/mol. The van der Waals surface area contributed by atoms with Gasteiger partial charge >= 0.3 is 0 Å². The Labute approximate surface area is 72.7 Å². The van der Waals surface area contributed by atoms with Crippen LogP contribution in [0.2, 0.25) is 0 Å². The summed E-state index contributed by atoms with van der Waals surface area (Å²) in [6.45, 7) is 5.09. The lowest BCUT2D eigenvalue weighted by Crippen LogP contribution is -2.22. The standard InChI is InChI=1S/C8H16O4/c1-6(9-3)12-7(2)10-4-8-5-11-8/h6-8H,4-5H2,1-3H3. The van der Waals surface area contributed by atoms with E-state index in [4.69, 9.17) is 18.9 Å². The SMILES string of the molecule is COC(C)OC(C)OCC1CO1. The third-order valence-corrected chi connectivity index (χ3v) is 1.63. The first-order valence-electron chi connectivity index (χ1n) is 4.14. The highest BCUT2D eigenvalue weighted by molar-refractivity contribution is 4.67. The van der Waals surface area contributed by atoms with Crippen LogP contribution in [0, 0.1) is 0 Å². The molecule has 0 spiro atoms. The molecule has 0 aliphatic carbocycles. The molecule has 72 valence electrons. The molecule has 1 heterocycles. The molecule has 0 aromatic rings. The summed E-state index contributed by atoms with van der Waals surface area (Å²) in [4.78, 5) is 0. The zero-order chi connectivity index (χ0) is 8.97. The highest BCUT2D eigenvalue weighted by Gasteiger charge is 2.23. The van der Waals surface area contributed by atoms with Gasteiger partial charge in [-0.2, -0.15) is 0 Å². The molecule has 1 aliphatic rings. The summed E-state index contributed by atoms with van der Waals surface area (Å²) in [5.41, 5.74) is 0. The van der Waals surface area contributed by atoms with Gasteiger partial charge in [0.25, 0.3) is 0 Å². The van der Waals surface area contributed by atoms with Crippen molar-refractivity contribution in [2.24, 2.45) is 0 Å². The first-order chi connectivity index (χ1) is 5.72. The number of hydrogen-bond donors (Lipinski definition) is 0. The van der Waals surface area contributed by atoms with Gasteiger partial charge in [-0.25, -0.2) is 0 Å². The van der Waals surface area contributed by atoms with Crippen LogP contribution in [0.1, 0.15) is 13.8 Å². The van der Waals surface area contributed by atoms with Crippen molar-refractivity contribution in [1.29, 1.82) is 0 Å². The lowest BCUT2D eigenvalue weighted by Gasteiger charge is -2.17. The number of methoxy groups -OCH3 is 1. The normalized spacial score (nSPS) is 26.8. The van der Waals surface area contributed by atoms with Crippen LogP contribution in [-0.4, -0.2) is 39.0 Å². The molecule has 1 aliphatic heterocycles. The first-order valence-corrected chi connectivity index (χ1v) is 4.14. The van der Waals surface area contributed by atoms with Crippen LogP contribution in [0.5, 0.6) is 0 Å². The fourth-order valence-corrected chi connectivity index (χ4v) is 0.772. The van der Waals surface area contributed by atoms with Gasteiger partial charge in [0.2, 0.25) is 0 Å². The lowest BCUT2D eigenvalue weighted by molar-refractivity contribution is -0.223. The molecule has 0 bridgehead atoms. The van der Waals surface area contributed by atoms with Crippen molar-refractivity contribution in [1.82, 2.24) is 0 Å². The van der Waals surface area contributed by atoms with Crippen LogP contribution >= 0.6 is 0 Å². The number of ether oxygens (including phenoxy) is 4. The van der Waals surface area contributed by atoms with E-state index in [0.717, 1.165) is 6.61 Å². The van der Waals surface area contributed by atoms with Crippen molar-refractivity contribution in [2.45, 2.75) is 32.5 Å². The van der Waals surface area contributed by atoms with Crippen LogP contribution in [0.3, 0.4) is 0 Å². The lowest BCUT2D eigenvalue weighted by atomic mass is 10.5. The smallest absolute Gasteiger partial charge is 0.158 e. The van der Waals surface area contributed by atoms with Crippen LogP contribution in [-0.2, 0) is 18.9 Å². The maximum Gasteiger partial charge on any atom is 0.158 e. The van der Waals surface area contributed by atoms with Crippen LogP contribution in [0.25, 0.3) is 0 Å². The summed E-state index contributed by atoms with van der Waals surface area (Å²) in [6.07, 6.45) is -0.168. The van der Waals surface area contributed by atoms with Gasteiger partial charge in [0.15, 0.2) is 12.6 Å². The molecule has 4 heteroatoms. The molecule has 1 rings (SSSR count). The number of epoxide rings is 1. The molecular weight excluding hydrogens is 160 g/mol. The molecule has 3 atom stereocenters. The molecule has 0 saturated carbocycles. The van der Waals surface area contributed by atoms with E-state index in [0.29, 0.717) is 6.61 Å². The summed E-state index contributed by atoms with van der Waals surface area (Å²) in [5, 5.41) is 0.